The summed E-state index contributed by atoms with van der Waals surface area (Å²) in [5.41, 5.74) is 2.93. The van der Waals surface area contributed by atoms with E-state index in [1.165, 1.54) is 12.8 Å². The molecule has 0 radical (unpaired) electrons. The molecule has 2 rings (SSSR count). The molecule has 0 aliphatic heterocycles. The molecular formula is C11H14ClNO2. The normalized spacial score (nSPS) is 15.3. The number of rotatable bonds is 5. The molecule has 0 atom stereocenters. The topological polar surface area (TPSA) is 41.5 Å². The molecule has 82 valence electrons. The highest BCUT2D eigenvalue weighted by Gasteiger charge is 2.22. The molecule has 0 amide bonds. The third kappa shape index (κ3) is 2.84. The Labute approximate surface area is 94.0 Å². The predicted molar refractivity (Wildman–Crippen MR) is 58.3 cm³/mol. The van der Waals surface area contributed by atoms with Crippen molar-refractivity contribution < 1.29 is 9.94 Å². The number of benzene rings is 1. The standard InChI is InChI=1S/C11H14ClNO2/c12-11-9(6-13-14)2-1-3-10(11)15-7-8-4-5-8/h1-3,8,13-14H,4-7H2. The minimum atomic E-state index is 0.333. The van der Waals surface area contributed by atoms with Gasteiger partial charge >= 0.3 is 0 Å². The first-order chi connectivity index (χ1) is 7.31. The molecule has 0 saturated heterocycles. The number of hydrogen-bond acceptors (Lipinski definition) is 3. The lowest BCUT2D eigenvalue weighted by atomic mass is 10.2. The van der Waals surface area contributed by atoms with Gasteiger partial charge in [-0.1, -0.05) is 23.7 Å². The van der Waals surface area contributed by atoms with E-state index < -0.39 is 0 Å². The zero-order valence-corrected chi connectivity index (χ0v) is 9.13. The molecule has 1 aliphatic rings. The van der Waals surface area contributed by atoms with Gasteiger partial charge in [-0.15, -0.1) is 0 Å². The van der Waals surface area contributed by atoms with Crippen LogP contribution in [-0.2, 0) is 6.54 Å². The van der Waals surface area contributed by atoms with E-state index in [4.69, 9.17) is 21.5 Å². The van der Waals surface area contributed by atoms with Crippen LogP contribution in [0.5, 0.6) is 5.75 Å². The maximum atomic E-state index is 8.61. The minimum absolute atomic E-state index is 0.333. The van der Waals surface area contributed by atoms with Crippen molar-refractivity contribution in [2.24, 2.45) is 5.92 Å². The number of nitrogens with one attached hydrogen (secondary N) is 1. The molecule has 0 bridgehead atoms. The second-order valence-electron chi connectivity index (χ2n) is 3.82. The average molecular weight is 228 g/mol. The molecule has 0 heterocycles. The maximum Gasteiger partial charge on any atom is 0.138 e. The molecule has 1 saturated carbocycles. The summed E-state index contributed by atoms with van der Waals surface area (Å²) in [6, 6.07) is 5.59. The largest absolute Gasteiger partial charge is 0.492 e. The van der Waals surface area contributed by atoms with E-state index in [2.05, 4.69) is 5.48 Å². The highest BCUT2D eigenvalue weighted by Crippen LogP contribution is 2.32. The first kappa shape index (κ1) is 10.7. The monoisotopic (exact) mass is 227 g/mol. The molecule has 4 heteroatoms. The first-order valence-corrected chi connectivity index (χ1v) is 5.46. The van der Waals surface area contributed by atoms with E-state index in [9.17, 15) is 0 Å². The van der Waals surface area contributed by atoms with Crippen molar-refractivity contribution >= 4 is 11.6 Å². The van der Waals surface area contributed by atoms with Crippen LogP contribution in [0.3, 0.4) is 0 Å². The van der Waals surface area contributed by atoms with Crippen LogP contribution >= 0.6 is 11.6 Å². The maximum absolute atomic E-state index is 8.61. The molecule has 1 aromatic carbocycles. The highest BCUT2D eigenvalue weighted by molar-refractivity contribution is 6.32. The summed E-state index contributed by atoms with van der Waals surface area (Å²) in [6.07, 6.45) is 2.52. The van der Waals surface area contributed by atoms with Gasteiger partial charge in [-0.3, -0.25) is 0 Å². The molecular weight excluding hydrogens is 214 g/mol. The van der Waals surface area contributed by atoms with Gasteiger partial charge in [0.05, 0.1) is 11.6 Å². The van der Waals surface area contributed by atoms with Crippen molar-refractivity contribution in [1.29, 1.82) is 0 Å². The number of ether oxygens (including phenoxy) is 1. The van der Waals surface area contributed by atoms with Crippen LogP contribution in [0.4, 0.5) is 0 Å². The van der Waals surface area contributed by atoms with Crippen LogP contribution in [0, 0.1) is 5.92 Å². The fourth-order valence-corrected chi connectivity index (χ4v) is 1.63. The van der Waals surface area contributed by atoms with Gasteiger partial charge in [-0.05, 0) is 30.4 Å². The van der Waals surface area contributed by atoms with Gasteiger partial charge in [-0.2, -0.15) is 0 Å². The van der Waals surface area contributed by atoms with Crippen LogP contribution in [0.25, 0.3) is 0 Å². The molecule has 15 heavy (non-hydrogen) atoms. The molecule has 0 unspecified atom stereocenters. The van der Waals surface area contributed by atoms with Gasteiger partial charge in [0.25, 0.3) is 0 Å². The van der Waals surface area contributed by atoms with Crippen molar-refractivity contribution in [2.45, 2.75) is 19.4 Å². The SMILES string of the molecule is ONCc1cccc(OCC2CC2)c1Cl. The third-order valence-corrected chi connectivity index (χ3v) is 2.91. The molecule has 1 fully saturated rings. The summed E-state index contributed by atoms with van der Waals surface area (Å²) in [4.78, 5) is 0. The number of halogens is 1. The van der Waals surface area contributed by atoms with E-state index in [0.29, 0.717) is 23.2 Å². The zero-order chi connectivity index (χ0) is 10.7. The number of hydroxylamine groups is 1. The van der Waals surface area contributed by atoms with Crippen molar-refractivity contribution in [3.8, 4) is 5.75 Å². The van der Waals surface area contributed by atoms with Crippen LogP contribution < -0.4 is 10.2 Å². The Balaban J connectivity index is 2.04. The Morgan fingerprint density at radius 2 is 2.27 bits per heavy atom. The summed E-state index contributed by atoms with van der Waals surface area (Å²) in [5, 5.41) is 9.20. The minimum Gasteiger partial charge on any atom is -0.492 e. The lowest BCUT2D eigenvalue weighted by Crippen LogP contribution is -2.07. The van der Waals surface area contributed by atoms with Crippen molar-refractivity contribution in [3.63, 3.8) is 0 Å². The molecule has 0 spiro atoms. The predicted octanol–water partition coefficient (Wildman–Crippen LogP) is 2.61. The third-order valence-electron chi connectivity index (χ3n) is 2.48. The fraction of sp³-hybridized carbons (Fsp3) is 0.455. The molecule has 1 aliphatic carbocycles. The van der Waals surface area contributed by atoms with Gasteiger partial charge in [0, 0.05) is 6.54 Å². The van der Waals surface area contributed by atoms with Gasteiger partial charge in [0.1, 0.15) is 5.75 Å². The second kappa shape index (κ2) is 4.84. The molecule has 0 aromatic heterocycles. The highest BCUT2D eigenvalue weighted by atomic mass is 35.5. The van der Waals surface area contributed by atoms with E-state index in [0.717, 1.165) is 12.2 Å². The summed E-state index contributed by atoms with van der Waals surface area (Å²) in [5.74, 6) is 1.41. The van der Waals surface area contributed by atoms with Gasteiger partial charge < -0.3 is 9.94 Å². The van der Waals surface area contributed by atoms with Crippen LogP contribution in [0.2, 0.25) is 5.02 Å². The molecule has 1 aromatic rings. The molecule has 2 N–H and O–H groups in total. The Morgan fingerprint density at radius 3 is 2.93 bits per heavy atom. The quantitative estimate of drug-likeness (QED) is 0.760. The Hall–Kier alpha value is -0.770. The summed E-state index contributed by atoms with van der Waals surface area (Å²) < 4.78 is 5.61. The lowest BCUT2D eigenvalue weighted by Gasteiger charge is -2.10. The zero-order valence-electron chi connectivity index (χ0n) is 8.37. The van der Waals surface area contributed by atoms with Gasteiger partial charge in [-0.25, -0.2) is 5.48 Å². The Bertz CT molecular complexity index is 339. The summed E-state index contributed by atoms with van der Waals surface area (Å²) in [6.45, 7) is 1.08. The van der Waals surface area contributed by atoms with E-state index >= 15 is 0 Å². The number of hydrogen-bond donors (Lipinski definition) is 2. The van der Waals surface area contributed by atoms with E-state index in [1.54, 1.807) is 0 Å². The van der Waals surface area contributed by atoms with Crippen molar-refractivity contribution in [3.05, 3.63) is 28.8 Å². The van der Waals surface area contributed by atoms with Crippen LogP contribution in [-0.4, -0.2) is 11.8 Å². The van der Waals surface area contributed by atoms with E-state index in [-0.39, 0.29) is 0 Å². The smallest absolute Gasteiger partial charge is 0.138 e. The van der Waals surface area contributed by atoms with Gasteiger partial charge in [0.15, 0.2) is 0 Å². The van der Waals surface area contributed by atoms with Crippen LogP contribution in [0.1, 0.15) is 18.4 Å². The van der Waals surface area contributed by atoms with Crippen LogP contribution in [0.15, 0.2) is 18.2 Å². The lowest BCUT2D eigenvalue weighted by molar-refractivity contribution is 0.161. The molecule has 3 nitrogen and oxygen atoms in total. The summed E-state index contributed by atoms with van der Waals surface area (Å²) in [7, 11) is 0. The van der Waals surface area contributed by atoms with E-state index in [1.807, 2.05) is 18.2 Å². The van der Waals surface area contributed by atoms with Crippen molar-refractivity contribution in [2.75, 3.05) is 6.61 Å². The summed E-state index contributed by atoms with van der Waals surface area (Å²) >= 11 is 6.12. The fourth-order valence-electron chi connectivity index (χ4n) is 1.38. The average Bonchev–Trinajstić information content (AvgIpc) is 3.03. The first-order valence-electron chi connectivity index (χ1n) is 5.08. The Morgan fingerprint density at radius 1 is 1.47 bits per heavy atom. The second-order valence-corrected chi connectivity index (χ2v) is 4.20. The van der Waals surface area contributed by atoms with Gasteiger partial charge in [0.2, 0.25) is 0 Å². The van der Waals surface area contributed by atoms with Crippen molar-refractivity contribution in [1.82, 2.24) is 5.48 Å². The Kier molecular flexibility index (Phi) is 3.46.